The van der Waals surface area contributed by atoms with Gasteiger partial charge >= 0.3 is 5.97 Å². The first-order valence-corrected chi connectivity index (χ1v) is 11.5. The van der Waals surface area contributed by atoms with Crippen LogP contribution in [-0.2, 0) is 40.7 Å². The van der Waals surface area contributed by atoms with Crippen molar-refractivity contribution in [3.63, 3.8) is 0 Å². The Morgan fingerprint density at radius 3 is 2.55 bits per heavy atom. The topological polar surface area (TPSA) is 179 Å². The second-order valence-corrected chi connectivity index (χ2v) is 9.20. The van der Waals surface area contributed by atoms with Crippen LogP contribution in [0.15, 0.2) is 30.3 Å². The fourth-order valence-corrected chi connectivity index (χ4v) is 5.14. The number of amides is 3. The SMILES string of the molecule is NC(NC(=O)C1CCC2CN(S(=O)Cc3ccccc3)CC(=O)N21)C(=O)C(=O)NCC(=O)O. The molecule has 1 aromatic rings. The normalized spacial score (nSPS) is 22.2. The van der Waals surface area contributed by atoms with E-state index in [2.05, 4.69) is 5.32 Å². The number of nitrogens with two attached hydrogens (primary N) is 1. The molecule has 0 aliphatic carbocycles. The van der Waals surface area contributed by atoms with E-state index in [4.69, 9.17) is 10.8 Å². The van der Waals surface area contributed by atoms with E-state index in [0.29, 0.717) is 19.4 Å². The third kappa shape index (κ3) is 6.00. The average molecular weight is 480 g/mol. The molecule has 1 aromatic carbocycles. The Hall–Kier alpha value is -3.16. The van der Waals surface area contributed by atoms with Gasteiger partial charge in [-0.2, -0.15) is 0 Å². The maximum Gasteiger partial charge on any atom is 0.322 e. The Bertz CT molecular complexity index is 973. The second kappa shape index (κ2) is 10.6. The fraction of sp³-hybridized carbons (Fsp3) is 0.450. The van der Waals surface area contributed by atoms with E-state index in [0.717, 1.165) is 5.56 Å². The van der Waals surface area contributed by atoms with Crippen molar-refractivity contribution in [2.75, 3.05) is 19.6 Å². The lowest BCUT2D eigenvalue weighted by atomic mass is 10.2. The number of nitrogens with zero attached hydrogens (tertiary/aromatic N) is 2. The first kappa shape index (κ1) is 24.5. The molecule has 2 saturated heterocycles. The summed E-state index contributed by atoms with van der Waals surface area (Å²) in [4.78, 5) is 61.0. The second-order valence-electron chi connectivity index (χ2n) is 7.75. The maximum absolute atomic E-state index is 12.8. The van der Waals surface area contributed by atoms with Gasteiger partial charge in [0.2, 0.25) is 11.8 Å². The lowest BCUT2D eigenvalue weighted by Gasteiger charge is -2.38. The van der Waals surface area contributed by atoms with Crippen LogP contribution < -0.4 is 16.4 Å². The number of carbonyl (C=O) groups excluding carboxylic acids is 4. The molecule has 2 heterocycles. The number of carboxylic acid groups (broad SMARTS) is 1. The Morgan fingerprint density at radius 2 is 1.88 bits per heavy atom. The summed E-state index contributed by atoms with van der Waals surface area (Å²) < 4.78 is 14.4. The van der Waals surface area contributed by atoms with Crippen LogP contribution in [0.3, 0.4) is 0 Å². The molecule has 178 valence electrons. The van der Waals surface area contributed by atoms with Crippen LogP contribution in [0.5, 0.6) is 0 Å². The first-order valence-electron chi connectivity index (χ1n) is 10.3. The van der Waals surface area contributed by atoms with Crippen molar-refractivity contribution < 1.29 is 33.3 Å². The predicted octanol–water partition coefficient (Wildman–Crippen LogP) is -2.30. The molecule has 2 aliphatic heterocycles. The van der Waals surface area contributed by atoms with Gasteiger partial charge in [0.25, 0.3) is 11.7 Å². The van der Waals surface area contributed by atoms with Crippen molar-refractivity contribution in [1.82, 2.24) is 19.8 Å². The van der Waals surface area contributed by atoms with Crippen LogP contribution in [0.2, 0.25) is 0 Å². The molecule has 13 heteroatoms. The Labute approximate surface area is 192 Å². The van der Waals surface area contributed by atoms with Gasteiger partial charge in [-0.15, -0.1) is 0 Å². The van der Waals surface area contributed by atoms with Gasteiger partial charge in [-0.3, -0.25) is 24.0 Å². The number of aliphatic carboxylic acids is 1. The molecule has 0 spiro atoms. The molecule has 0 radical (unpaired) electrons. The summed E-state index contributed by atoms with van der Waals surface area (Å²) in [5.74, 6) is -4.54. The Balaban J connectivity index is 1.56. The van der Waals surface area contributed by atoms with Crippen molar-refractivity contribution in [3.8, 4) is 0 Å². The molecule has 33 heavy (non-hydrogen) atoms. The quantitative estimate of drug-likeness (QED) is 0.225. The standard InChI is InChI=1S/C20H25N5O7S/c21-18(17(29)20(31)22-8-16(27)28)23-19(30)14-7-6-13-9-24(10-15(26)25(13)14)33(32)11-12-4-2-1-3-5-12/h1-5,13-14,18H,6-11,21H2,(H,22,31)(H,23,30)(H,27,28). The molecule has 12 nitrogen and oxygen atoms in total. The van der Waals surface area contributed by atoms with E-state index in [1.54, 1.807) is 4.31 Å². The number of carbonyl (C=O) groups is 5. The van der Waals surface area contributed by atoms with E-state index in [1.807, 2.05) is 35.6 Å². The largest absolute Gasteiger partial charge is 0.480 e. The number of ketones is 1. The van der Waals surface area contributed by atoms with Gasteiger partial charge in [-0.05, 0) is 18.4 Å². The number of piperazine rings is 1. The number of rotatable bonds is 9. The van der Waals surface area contributed by atoms with Gasteiger partial charge in [0.15, 0.2) is 0 Å². The van der Waals surface area contributed by atoms with Crippen molar-refractivity contribution in [3.05, 3.63) is 35.9 Å². The number of Topliss-reactive ketones (excluding diaryl/α,β-unsaturated/α-hetero) is 1. The third-order valence-corrected chi connectivity index (χ3v) is 6.88. The van der Waals surface area contributed by atoms with Gasteiger partial charge in [-0.25, -0.2) is 8.51 Å². The highest BCUT2D eigenvalue weighted by atomic mass is 32.2. The van der Waals surface area contributed by atoms with Crippen LogP contribution in [0.4, 0.5) is 0 Å². The van der Waals surface area contributed by atoms with Crippen molar-refractivity contribution >= 4 is 40.5 Å². The van der Waals surface area contributed by atoms with E-state index >= 15 is 0 Å². The van der Waals surface area contributed by atoms with Crippen LogP contribution in [0, 0.1) is 0 Å². The number of hydrogen-bond acceptors (Lipinski definition) is 7. The van der Waals surface area contributed by atoms with Crippen molar-refractivity contribution in [2.24, 2.45) is 5.73 Å². The fourth-order valence-electron chi connectivity index (χ4n) is 3.89. The average Bonchev–Trinajstić information content (AvgIpc) is 3.22. The number of benzene rings is 1. The summed E-state index contributed by atoms with van der Waals surface area (Å²) >= 11 is 0. The predicted molar refractivity (Wildman–Crippen MR) is 115 cm³/mol. The lowest BCUT2D eigenvalue weighted by molar-refractivity contribution is -0.145. The van der Waals surface area contributed by atoms with Crippen LogP contribution in [0.1, 0.15) is 18.4 Å². The zero-order chi connectivity index (χ0) is 24.1. The molecule has 0 saturated carbocycles. The third-order valence-electron chi connectivity index (χ3n) is 5.44. The van der Waals surface area contributed by atoms with Gasteiger partial charge in [-0.1, -0.05) is 30.3 Å². The van der Waals surface area contributed by atoms with Crippen LogP contribution in [0.25, 0.3) is 0 Å². The first-order chi connectivity index (χ1) is 15.7. The van der Waals surface area contributed by atoms with Crippen LogP contribution in [-0.4, -0.2) is 85.9 Å². The molecule has 4 atom stereocenters. The molecule has 2 aliphatic rings. The highest BCUT2D eigenvalue weighted by molar-refractivity contribution is 7.81. The number of nitrogens with one attached hydrogen (secondary N) is 2. The lowest BCUT2D eigenvalue weighted by Crippen LogP contribution is -2.61. The minimum atomic E-state index is -1.68. The summed E-state index contributed by atoms with van der Waals surface area (Å²) in [6.07, 6.45) is -0.848. The highest BCUT2D eigenvalue weighted by Crippen LogP contribution is 2.29. The summed E-state index contributed by atoms with van der Waals surface area (Å²) in [5, 5.41) is 12.6. The summed E-state index contributed by atoms with van der Waals surface area (Å²) in [5.41, 5.74) is 6.48. The molecule has 4 unspecified atom stereocenters. The van der Waals surface area contributed by atoms with Gasteiger partial charge in [0.05, 0.1) is 23.3 Å². The summed E-state index contributed by atoms with van der Waals surface area (Å²) in [7, 11) is -1.40. The highest BCUT2D eigenvalue weighted by Gasteiger charge is 2.46. The van der Waals surface area contributed by atoms with Gasteiger partial charge in [0, 0.05) is 12.6 Å². The van der Waals surface area contributed by atoms with E-state index in [9.17, 15) is 28.2 Å². The Morgan fingerprint density at radius 1 is 1.18 bits per heavy atom. The molecular weight excluding hydrogens is 454 g/mol. The zero-order valence-electron chi connectivity index (χ0n) is 17.6. The molecule has 0 aromatic heterocycles. The molecule has 2 fully saturated rings. The van der Waals surface area contributed by atoms with E-state index < -0.39 is 53.3 Å². The maximum atomic E-state index is 12.8. The van der Waals surface area contributed by atoms with Gasteiger partial charge in [0.1, 0.15) is 18.8 Å². The number of carboxylic acids is 1. The monoisotopic (exact) mass is 479 g/mol. The Kier molecular flexibility index (Phi) is 7.89. The molecule has 0 bridgehead atoms. The molecule has 3 rings (SSSR count). The van der Waals surface area contributed by atoms with Gasteiger partial charge < -0.3 is 26.4 Å². The van der Waals surface area contributed by atoms with Crippen molar-refractivity contribution in [1.29, 1.82) is 0 Å². The van der Waals surface area contributed by atoms with Crippen LogP contribution >= 0.6 is 0 Å². The minimum absolute atomic E-state index is 0.109. The molecule has 3 amide bonds. The molecular formula is C20H25N5O7S. The van der Waals surface area contributed by atoms with E-state index in [-0.39, 0.29) is 24.2 Å². The number of fused-ring (bicyclic) bond motifs is 1. The summed E-state index contributed by atoms with van der Waals surface area (Å²) in [6.45, 7) is -0.528. The number of hydrogen-bond donors (Lipinski definition) is 4. The molecule has 5 N–H and O–H groups in total. The zero-order valence-corrected chi connectivity index (χ0v) is 18.5. The minimum Gasteiger partial charge on any atom is -0.480 e. The smallest absolute Gasteiger partial charge is 0.322 e. The van der Waals surface area contributed by atoms with Crippen molar-refractivity contribution in [2.45, 2.75) is 36.8 Å². The summed E-state index contributed by atoms with van der Waals surface area (Å²) in [6, 6.07) is 8.10. The van der Waals surface area contributed by atoms with E-state index in [1.165, 1.54) is 4.90 Å².